The molecule has 2 aliphatic rings. The van der Waals surface area contributed by atoms with Gasteiger partial charge in [0.05, 0.1) is 29.8 Å². The second-order valence-electron chi connectivity index (χ2n) is 9.23. The highest BCUT2D eigenvalue weighted by atomic mass is 79.9. The molecule has 1 amide bonds. The van der Waals surface area contributed by atoms with Crippen LogP contribution in [0.1, 0.15) is 44.6 Å². The number of halogens is 1. The van der Waals surface area contributed by atoms with Crippen molar-refractivity contribution in [1.29, 1.82) is 0 Å². The van der Waals surface area contributed by atoms with Gasteiger partial charge < -0.3 is 18.8 Å². The number of anilines is 1. The van der Waals surface area contributed by atoms with Crippen molar-refractivity contribution in [3.8, 4) is 0 Å². The maximum absolute atomic E-state index is 13.3. The molecule has 0 N–H and O–H groups in total. The number of carbonyl (C=O) groups is 2. The van der Waals surface area contributed by atoms with E-state index in [2.05, 4.69) is 15.9 Å². The average Bonchev–Trinajstić information content (AvgIpc) is 3.21. The number of benzene rings is 2. The molecule has 2 atom stereocenters. The first-order valence-electron chi connectivity index (χ1n) is 10.8. The van der Waals surface area contributed by atoms with Crippen molar-refractivity contribution in [1.82, 2.24) is 0 Å². The van der Waals surface area contributed by atoms with Gasteiger partial charge in [-0.15, -0.1) is 0 Å². The van der Waals surface area contributed by atoms with Gasteiger partial charge in [0.2, 0.25) is 0 Å². The molecule has 4 rings (SSSR count). The van der Waals surface area contributed by atoms with E-state index in [9.17, 15) is 9.59 Å². The molecule has 33 heavy (non-hydrogen) atoms. The van der Waals surface area contributed by atoms with Gasteiger partial charge in [-0.1, -0.05) is 52.3 Å². The van der Waals surface area contributed by atoms with E-state index >= 15 is 0 Å². The molecule has 0 aliphatic carbocycles. The molecule has 1 fully saturated rings. The molecule has 2 aliphatic heterocycles. The highest BCUT2D eigenvalue weighted by Gasteiger charge is 2.61. The molecular formula is C24H27BBrNO6. The number of rotatable bonds is 4. The van der Waals surface area contributed by atoms with Crippen molar-refractivity contribution in [2.24, 2.45) is 0 Å². The molecule has 9 heteroatoms. The second-order valence-corrected chi connectivity index (χ2v) is 10.1. The van der Waals surface area contributed by atoms with Gasteiger partial charge >= 0.3 is 19.2 Å². The zero-order valence-electron chi connectivity index (χ0n) is 19.3. The van der Waals surface area contributed by atoms with E-state index in [-0.39, 0.29) is 6.61 Å². The van der Waals surface area contributed by atoms with E-state index < -0.39 is 42.2 Å². The summed E-state index contributed by atoms with van der Waals surface area (Å²) in [5.74, 6) is -1.16. The summed E-state index contributed by atoms with van der Waals surface area (Å²) in [5, 5.41) is 0. The highest BCUT2D eigenvalue weighted by molar-refractivity contribution is 9.10. The minimum atomic E-state index is -1.00. The number of esters is 1. The third-order valence-corrected chi connectivity index (χ3v) is 7.13. The van der Waals surface area contributed by atoms with Crippen molar-refractivity contribution in [2.75, 3.05) is 12.0 Å². The second kappa shape index (κ2) is 8.78. The molecule has 174 valence electrons. The Bertz CT molecular complexity index is 1040. The van der Waals surface area contributed by atoms with E-state index in [1.807, 2.05) is 70.2 Å². The van der Waals surface area contributed by atoms with Crippen molar-refractivity contribution in [3.05, 3.63) is 64.1 Å². The zero-order valence-corrected chi connectivity index (χ0v) is 20.9. The maximum atomic E-state index is 13.3. The lowest BCUT2D eigenvalue weighted by Crippen LogP contribution is -2.49. The van der Waals surface area contributed by atoms with Gasteiger partial charge in [-0.3, -0.25) is 4.90 Å². The van der Waals surface area contributed by atoms with Gasteiger partial charge in [-0.05, 0) is 51.0 Å². The molecule has 0 spiro atoms. The fourth-order valence-corrected chi connectivity index (χ4v) is 4.54. The first-order valence-corrected chi connectivity index (χ1v) is 11.6. The van der Waals surface area contributed by atoms with Gasteiger partial charge in [0, 0.05) is 4.47 Å². The van der Waals surface area contributed by atoms with Gasteiger partial charge in [0.15, 0.2) is 0 Å². The fraction of sp³-hybridized carbons (Fsp3) is 0.417. The van der Waals surface area contributed by atoms with Gasteiger partial charge in [0.25, 0.3) is 0 Å². The minimum absolute atomic E-state index is 0.0779. The summed E-state index contributed by atoms with van der Waals surface area (Å²) in [4.78, 5) is 27.7. The number of hydrogen-bond donors (Lipinski definition) is 0. The number of hydrogen-bond acceptors (Lipinski definition) is 6. The zero-order chi connectivity index (χ0) is 24.0. The summed E-state index contributed by atoms with van der Waals surface area (Å²) in [6.07, 6.45) is -0.646. The number of nitrogens with zero attached hydrogens (tertiary/aromatic N) is 1. The molecule has 0 aromatic heterocycles. The third-order valence-electron chi connectivity index (χ3n) is 6.64. The van der Waals surface area contributed by atoms with E-state index in [1.54, 1.807) is 6.07 Å². The average molecular weight is 516 g/mol. The monoisotopic (exact) mass is 515 g/mol. The predicted molar refractivity (Wildman–Crippen MR) is 128 cm³/mol. The summed E-state index contributed by atoms with van der Waals surface area (Å²) in [5.41, 5.74) is 0.947. The van der Waals surface area contributed by atoms with Crippen LogP contribution in [-0.2, 0) is 30.2 Å². The standard InChI is InChI=1S/C24H27BBrNO6/c1-23(2)24(3,4)33-25(32-23)19-17-12-11-16(26)13-18(17)27(20(19)21(28)30-5)22(29)31-14-15-9-7-6-8-10-15/h6-13,19-20H,14H2,1-5H3/t19-,20+/m0/s1. The molecule has 0 bridgehead atoms. The van der Waals surface area contributed by atoms with Crippen molar-refractivity contribution >= 4 is 40.8 Å². The number of amides is 1. The Labute approximate surface area is 202 Å². The van der Waals surface area contributed by atoms with E-state index in [0.29, 0.717) is 5.69 Å². The summed E-state index contributed by atoms with van der Waals surface area (Å²) >= 11 is 3.47. The van der Waals surface area contributed by atoms with E-state index in [1.165, 1.54) is 12.0 Å². The van der Waals surface area contributed by atoms with E-state index in [4.69, 9.17) is 18.8 Å². The molecule has 0 unspecified atom stereocenters. The van der Waals surface area contributed by atoms with Gasteiger partial charge in [-0.2, -0.15) is 0 Å². The Morgan fingerprint density at radius 2 is 1.70 bits per heavy atom. The minimum Gasteiger partial charge on any atom is -0.467 e. The molecule has 1 saturated heterocycles. The Hall–Kier alpha value is -2.36. The number of carbonyl (C=O) groups excluding carboxylic acids is 2. The smallest absolute Gasteiger partial charge is 0.467 e. The lowest BCUT2D eigenvalue weighted by molar-refractivity contribution is -0.142. The normalized spacial score (nSPS) is 22.7. The fourth-order valence-electron chi connectivity index (χ4n) is 4.19. The SMILES string of the molecule is COC(=O)[C@H]1[C@@H](B2OC(C)(C)C(C)(C)O2)c2ccc(Br)cc2N1C(=O)OCc1ccccc1. The predicted octanol–water partition coefficient (Wildman–Crippen LogP) is 4.86. The third kappa shape index (κ3) is 4.29. The molecule has 2 aromatic rings. The Balaban J connectivity index is 1.72. The highest BCUT2D eigenvalue weighted by Crippen LogP contribution is 2.49. The van der Waals surface area contributed by atoms with Crippen LogP contribution in [0.25, 0.3) is 0 Å². The van der Waals surface area contributed by atoms with Crippen LogP contribution in [0.15, 0.2) is 53.0 Å². The van der Waals surface area contributed by atoms with Crippen LogP contribution < -0.4 is 4.90 Å². The van der Waals surface area contributed by atoms with Crippen LogP contribution in [0, 0.1) is 0 Å². The topological polar surface area (TPSA) is 74.3 Å². The summed E-state index contributed by atoms with van der Waals surface area (Å²) in [7, 11) is 0.543. The summed E-state index contributed by atoms with van der Waals surface area (Å²) in [6.45, 7) is 7.87. The van der Waals surface area contributed by atoms with Gasteiger partial charge in [0.1, 0.15) is 12.6 Å². The number of ether oxygens (including phenoxy) is 2. The first-order chi connectivity index (χ1) is 15.6. The van der Waals surface area contributed by atoms with Crippen LogP contribution in [0.2, 0.25) is 0 Å². The quantitative estimate of drug-likeness (QED) is 0.427. The summed E-state index contributed by atoms with van der Waals surface area (Å²) in [6, 6.07) is 13.9. The first kappa shape index (κ1) is 23.8. The largest absolute Gasteiger partial charge is 0.468 e. The van der Waals surface area contributed by atoms with Crippen LogP contribution >= 0.6 is 15.9 Å². The number of fused-ring (bicyclic) bond motifs is 1. The molecule has 2 heterocycles. The Kier molecular flexibility index (Phi) is 6.33. The van der Waals surface area contributed by atoms with Crippen molar-refractivity contribution < 1.29 is 28.4 Å². The van der Waals surface area contributed by atoms with Crippen molar-refractivity contribution in [2.45, 2.75) is 57.4 Å². The molecule has 0 saturated carbocycles. The van der Waals surface area contributed by atoms with Crippen LogP contribution in [0.4, 0.5) is 10.5 Å². The van der Waals surface area contributed by atoms with E-state index in [0.717, 1.165) is 15.6 Å². The van der Waals surface area contributed by atoms with Crippen LogP contribution in [-0.4, -0.2) is 43.5 Å². The summed E-state index contributed by atoms with van der Waals surface area (Å²) < 4.78 is 24.1. The van der Waals surface area contributed by atoms with Gasteiger partial charge in [-0.25, -0.2) is 9.59 Å². The molecular weight excluding hydrogens is 489 g/mol. The lowest BCUT2D eigenvalue weighted by atomic mass is 9.65. The molecule has 2 aromatic carbocycles. The lowest BCUT2D eigenvalue weighted by Gasteiger charge is -2.32. The van der Waals surface area contributed by atoms with Crippen molar-refractivity contribution in [3.63, 3.8) is 0 Å². The van der Waals surface area contributed by atoms with Crippen LogP contribution in [0.5, 0.6) is 0 Å². The molecule has 7 nitrogen and oxygen atoms in total. The van der Waals surface area contributed by atoms with Crippen LogP contribution in [0.3, 0.4) is 0 Å². The maximum Gasteiger partial charge on any atom is 0.468 e. The molecule has 0 radical (unpaired) electrons. The number of methoxy groups -OCH3 is 1. The Morgan fingerprint density at radius 3 is 2.30 bits per heavy atom. The Morgan fingerprint density at radius 1 is 1.06 bits per heavy atom.